The first-order valence-electron chi connectivity index (χ1n) is 7.45. The first-order chi connectivity index (χ1) is 11.0. The average Bonchev–Trinajstić information content (AvgIpc) is 2.44. The number of sulfonamides is 1. The molecule has 128 valence electrons. The molecule has 0 amide bonds. The molecule has 0 unspecified atom stereocenters. The van der Waals surface area contributed by atoms with Crippen LogP contribution in [0.5, 0.6) is 0 Å². The Morgan fingerprint density at radius 2 is 1.71 bits per heavy atom. The predicted octanol–water partition coefficient (Wildman–Crippen LogP) is 3.77. The van der Waals surface area contributed by atoms with Crippen LogP contribution in [0.15, 0.2) is 47.4 Å². The molecule has 0 radical (unpaired) electrons. The first kappa shape index (κ1) is 18.3. The molecule has 0 saturated heterocycles. The van der Waals surface area contributed by atoms with Gasteiger partial charge in [-0.05, 0) is 51.5 Å². The molecule has 0 aliphatic carbocycles. The summed E-state index contributed by atoms with van der Waals surface area (Å²) in [5.74, 6) is -1.05. The van der Waals surface area contributed by atoms with Crippen LogP contribution in [0, 0.1) is 5.82 Å². The van der Waals surface area contributed by atoms with Crippen molar-refractivity contribution in [3.63, 3.8) is 0 Å². The maximum absolute atomic E-state index is 14.1. The monoisotopic (exact) mass is 349 g/mol. The Bertz CT molecular complexity index is 883. The molecule has 1 N–H and O–H groups in total. The van der Waals surface area contributed by atoms with E-state index in [4.69, 9.17) is 0 Å². The van der Waals surface area contributed by atoms with E-state index in [-0.39, 0.29) is 16.2 Å². The van der Waals surface area contributed by atoms with Crippen molar-refractivity contribution in [1.82, 2.24) is 4.72 Å². The van der Waals surface area contributed by atoms with Crippen LogP contribution >= 0.6 is 0 Å². The second kappa shape index (κ2) is 6.45. The smallest absolute Gasteiger partial charge is 0.241 e. The Morgan fingerprint density at radius 1 is 1.08 bits per heavy atom. The molecule has 0 heterocycles. The minimum atomic E-state index is -3.78. The second-order valence-electron chi connectivity index (χ2n) is 6.60. The van der Waals surface area contributed by atoms with E-state index in [1.54, 1.807) is 45.0 Å². The van der Waals surface area contributed by atoms with Gasteiger partial charge in [0.15, 0.2) is 5.78 Å². The number of carbonyl (C=O) groups is 1. The molecule has 0 atom stereocenters. The molecule has 6 heteroatoms. The zero-order valence-electron chi connectivity index (χ0n) is 14.1. The number of ketones is 1. The molecule has 0 fully saturated rings. The van der Waals surface area contributed by atoms with Crippen LogP contribution in [0.25, 0.3) is 11.1 Å². The Labute approximate surface area is 141 Å². The van der Waals surface area contributed by atoms with Crippen LogP contribution in [-0.2, 0) is 10.0 Å². The highest BCUT2D eigenvalue weighted by atomic mass is 32.2. The van der Waals surface area contributed by atoms with Crippen LogP contribution in [0.4, 0.5) is 4.39 Å². The standard InChI is InChI=1S/C18H20FNO3S/c1-12(21)14-10-9-13(11-16(14)19)15-7-5-6-8-17(15)24(22,23)20-18(2,3)4/h5-11,20H,1-4H3. The zero-order valence-corrected chi connectivity index (χ0v) is 14.9. The van der Waals surface area contributed by atoms with Gasteiger partial charge in [0, 0.05) is 11.1 Å². The van der Waals surface area contributed by atoms with Gasteiger partial charge in [-0.1, -0.05) is 24.3 Å². The van der Waals surface area contributed by atoms with Gasteiger partial charge in [0.1, 0.15) is 5.82 Å². The van der Waals surface area contributed by atoms with Crippen LogP contribution < -0.4 is 4.72 Å². The van der Waals surface area contributed by atoms with Crippen LogP contribution in [0.3, 0.4) is 0 Å². The van der Waals surface area contributed by atoms with Gasteiger partial charge in [-0.3, -0.25) is 4.79 Å². The Balaban J connectivity index is 2.58. The lowest BCUT2D eigenvalue weighted by molar-refractivity contribution is 0.101. The van der Waals surface area contributed by atoms with Crippen molar-refractivity contribution in [1.29, 1.82) is 0 Å². The highest BCUT2D eigenvalue weighted by molar-refractivity contribution is 7.89. The van der Waals surface area contributed by atoms with Gasteiger partial charge in [0.2, 0.25) is 10.0 Å². The largest absolute Gasteiger partial charge is 0.294 e. The third kappa shape index (κ3) is 4.07. The molecular weight excluding hydrogens is 329 g/mol. The number of carbonyl (C=O) groups excluding carboxylic acids is 1. The van der Waals surface area contributed by atoms with Crippen molar-refractivity contribution in [3.05, 3.63) is 53.8 Å². The summed E-state index contributed by atoms with van der Waals surface area (Å²) in [7, 11) is -3.78. The van der Waals surface area contributed by atoms with Gasteiger partial charge >= 0.3 is 0 Å². The SMILES string of the molecule is CC(=O)c1ccc(-c2ccccc2S(=O)(=O)NC(C)(C)C)cc1F. The van der Waals surface area contributed by atoms with E-state index in [1.807, 2.05) is 0 Å². The van der Waals surface area contributed by atoms with Crippen molar-refractivity contribution in [3.8, 4) is 11.1 Å². The third-order valence-corrected chi connectivity index (χ3v) is 5.09. The number of hydrogen-bond acceptors (Lipinski definition) is 3. The molecule has 0 bridgehead atoms. The molecule has 0 aliphatic rings. The fourth-order valence-corrected chi connectivity index (χ4v) is 4.01. The van der Waals surface area contributed by atoms with Gasteiger partial charge in [-0.2, -0.15) is 0 Å². The predicted molar refractivity (Wildman–Crippen MR) is 91.9 cm³/mol. The van der Waals surface area contributed by atoms with Crippen LogP contribution in [0.2, 0.25) is 0 Å². The van der Waals surface area contributed by atoms with Crippen molar-refractivity contribution in [2.24, 2.45) is 0 Å². The van der Waals surface area contributed by atoms with E-state index >= 15 is 0 Å². The van der Waals surface area contributed by atoms with E-state index < -0.39 is 21.4 Å². The summed E-state index contributed by atoms with van der Waals surface area (Å²) >= 11 is 0. The summed E-state index contributed by atoms with van der Waals surface area (Å²) in [6.07, 6.45) is 0. The summed E-state index contributed by atoms with van der Waals surface area (Å²) in [6, 6.07) is 10.5. The minimum Gasteiger partial charge on any atom is -0.294 e. The number of benzene rings is 2. The fourth-order valence-electron chi connectivity index (χ4n) is 2.37. The molecule has 0 aliphatic heterocycles. The van der Waals surface area contributed by atoms with Crippen LogP contribution in [0.1, 0.15) is 38.1 Å². The molecular formula is C18H20FNO3S. The van der Waals surface area contributed by atoms with Gasteiger partial charge in [-0.15, -0.1) is 0 Å². The fraction of sp³-hybridized carbons (Fsp3) is 0.278. The Kier molecular flexibility index (Phi) is 4.92. The van der Waals surface area contributed by atoms with E-state index in [1.165, 1.54) is 25.1 Å². The van der Waals surface area contributed by atoms with E-state index in [0.717, 1.165) is 0 Å². The van der Waals surface area contributed by atoms with Crippen molar-refractivity contribution in [2.45, 2.75) is 38.1 Å². The number of nitrogens with one attached hydrogen (secondary N) is 1. The topological polar surface area (TPSA) is 63.2 Å². The first-order valence-corrected chi connectivity index (χ1v) is 8.93. The summed E-state index contributed by atoms with van der Waals surface area (Å²) in [6.45, 7) is 6.52. The summed E-state index contributed by atoms with van der Waals surface area (Å²) in [4.78, 5) is 11.4. The van der Waals surface area contributed by atoms with Crippen molar-refractivity contribution < 1.29 is 17.6 Å². The third-order valence-electron chi connectivity index (χ3n) is 3.28. The average molecular weight is 349 g/mol. The van der Waals surface area contributed by atoms with Gasteiger partial charge in [0.05, 0.1) is 10.5 Å². The van der Waals surface area contributed by atoms with Gasteiger partial charge < -0.3 is 0 Å². The van der Waals surface area contributed by atoms with Crippen LogP contribution in [-0.4, -0.2) is 19.7 Å². The molecule has 2 rings (SSSR count). The summed E-state index contributed by atoms with van der Waals surface area (Å²) < 4.78 is 42.0. The van der Waals surface area contributed by atoms with E-state index in [0.29, 0.717) is 11.1 Å². The number of Topliss-reactive ketones (excluding diaryl/α,β-unsaturated/α-hetero) is 1. The lowest BCUT2D eigenvalue weighted by Gasteiger charge is -2.21. The molecule has 0 aromatic heterocycles. The maximum Gasteiger partial charge on any atom is 0.241 e. The highest BCUT2D eigenvalue weighted by Gasteiger charge is 2.25. The quantitative estimate of drug-likeness (QED) is 0.855. The highest BCUT2D eigenvalue weighted by Crippen LogP contribution is 2.29. The van der Waals surface area contributed by atoms with Crippen molar-refractivity contribution in [2.75, 3.05) is 0 Å². The van der Waals surface area contributed by atoms with Gasteiger partial charge in [0.25, 0.3) is 0 Å². The lowest BCUT2D eigenvalue weighted by Crippen LogP contribution is -2.40. The number of halogens is 1. The Hall–Kier alpha value is -2.05. The molecule has 0 spiro atoms. The molecule has 4 nitrogen and oxygen atoms in total. The van der Waals surface area contributed by atoms with Gasteiger partial charge in [-0.25, -0.2) is 17.5 Å². The van der Waals surface area contributed by atoms with E-state index in [9.17, 15) is 17.6 Å². The maximum atomic E-state index is 14.1. The lowest BCUT2D eigenvalue weighted by atomic mass is 10.0. The van der Waals surface area contributed by atoms with E-state index in [2.05, 4.69) is 4.72 Å². The zero-order chi connectivity index (χ0) is 18.1. The number of rotatable bonds is 4. The molecule has 0 saturated carbocycles. The minimum absolute atomic E-state index is 0.0214. The summed E-state index contributed by atoms with van der Waals surface area (Å²) in [5.41, 5.74) is 0.109. The molecule has 24 heavy (non-hydrogen) atoms. The molecule has 2 aromatic carbocycles. The Morgan fingerprint density at radius 3 is 2.25 bits per heavy atom. The second-order valence-corrected chi connectivity index (χ2v) is 8.25. The summed E-state index contributed by atoms with van der Waals surface area (Å²) in [5, 5.41) is 0. The normalized spacial score (nSPS) is 12.2. The number of hydrogen-bond donors (Lipinski definition) is 1. The van der Waals surface area contributed by atoms with Crippen molar-refractivity contribution >= 4 is 15.8 Å². The molecule has 2 aromatic rings.